The van der Waals surface area contributed by atoms with E-state index in [1.165, 1.54) is 0 Å². The molecule has 118 valence electrons. The fourth-order valence-electron chi connectivity index (χ4n) is 1.64. The quantitative estimate of drug-likeness (QED) is 0.829. The lowest BCUT2D eigenvalue weighted by molar-refractivity contribution is -0.121. The summed E-state index contributed by atoms with van der Waals surface area (Å²) >= 11 is 3.30. The summed E-state index contributed by atoms with van der Waals surface area (Å²) in [7, 11) is -3.53. The molecule has 0 atom stereocenters. The van der Waals surface area contributed by atoms with E-state index < -0.39 is 10.0 Å². The third-order valence-electron chi connectivity index (χ3n) is 3.16. The van der Waals surface area contributed by atoms with Gasteiger partial charge in [0.25, 0.3) is 0 Å². The Balaban J connectivity index is 2.96. The lowest BCUT2D eigenvalue weighted by Gasteiger charge is -2.27. The van der Waals surface area contributed by atoms with Crippen molar-refractivity contribution >= 4 is 37.5 Å². The maximum atomic E-state index is 12.1. The van der Waals surface area contributed by atoms with Gasteiger partial charge in [0, 0.05) is 10.0 Å². The lowest BCUT2D eigenvalue weighted by Crippen LogP contribution is -2.48. The zero-order valence-corrected chi connectivity index (χ0v) is 15.1. The summed E-state index contributed by atoms with van der Waals surface area (Å²) in [6.07, 6.45) is 1.85. The fourth-order valence-corrected chi connectivity index (χ4v) is 2.76. The Morgan fingerprint density at radius 2 is 1.81 bits per heavy atom. The largest absolute Gasteiger partial charge is 0.350 e. The van der Waals surface area contributed by atoms with Crippen molar-refractivity contribution in [3.63, 3.8) is 0 Å². The first-order valence-corrected chi connectivity index (χ1v) is 9.23. The van der Waals surface area contributed by atoms with Gasteiger partial charge < -0.3 is 5.32 Å². The number of anilines is 1. The van der Waals surface area contributed by atoms with Crippen LogP contribution in [0.5, 0.6) is 0 Å². The number of sulfonamides is 1. The van der Waals surface area contributed by atoms with E-state index >= 15 is 0 Å². The van der Waals surface area contributed by atoms with Crippen molar-refractivity contribution < 1.29 is 13.2 Å². The van der Waals surface area contributed by atoms with Gasteiger partial charge in [0.05, 0.1) is 11.9 Å². The predicted molar refractivity (Wildman–Crippen MR) is 88.8 cm³/mol. The van der Waals surface area contributed by atoms with Gasteiger partial charge in [0.1, 0.15) is 6.54 Å². The monoisotopic (exact) mass is 376 g/mol. The summed E-state index contributed by atoms with van der Waals surface area (Å²) in [5.74, 6) is -0.324. The fraction of sp³-hybridized carbons (Fsp3) is 0.500. The van der Waals surface area contributed by atoms with Gasteiger partial charge in [-0.25, -0.2) is 8.42 Å². The molecule has 7 heteroatoms. The number of nitrogens with one attached hydrogen (secondary N) is 1. The third-order valence-corrected chi connectivity index (χ3v) is 4.83. The molecule has 0 spiro atoms. The van der Waals surface area contributed by atoms with Crippen LogP contribution in [0.1, 0.15) is 27.2 Å². The molecule has 0 aliphatic heterocycles. The normalized spacial score (nSPS) is 12.0. The zero-order chi connectivity index (χ0) is 16.3. The maximum Gasteiger partial charge on any atom is 0.241 e. The van der Waals surface area contributed by atoms with Gasteiger partial charge in [-0.2, -0.15) is 0 Å². The first-order valence-electron chi connectivity index (χ1n) is 6.59. The van der Waals surface area contributed by atoms with Gasteiger partial charge in [-0.1, -0.05) is 22.9 Å². The molecule has 1 N–H and O–H groups in total. The van der Waals surface area contributed by atoms with Gasteiger partial charge in [0.2, 0.25) is 15.9 Å². The van der Waals surface area contributed by atoms with E-state index in [0.29, 0.717) is 5.69 Å². The number of hydrogen-bond acceptors (Lipinski definition) is 3. The Morgan fingerprint density at radius 3 is 2.24 bits per heavy atom. The first-order chi connectivity index (χ1) is 9.55. The number of carbonyl (C=O) groups is 1. The summed E-state index contributed by atoms with van der Waals surface area (Å²) in [5.41, 5.74) is 0.102. The highest BCUT2D eigenvalue weighted by Crippen LogP contribution is 2.20. The summed E-state index contributed by atoms with van der Waals surface area (Å²) < 4.78 is 25.8. The molecule has 1 aromatic carbocycles. The molecule has 0 heterocycles. The van der Waals surface area contributed by atoms with Crippen LogP contribution >= 0.6 is 15.9 Å². The minimum absolute atomic E-state index is 0.232. The molecule has 0 saturated heterocycles. The number of halogens is 1. The predicted octanol–water partition coefficient (Wildman–Crippen LogP) is 2.52. The molecule has 1 rings (SSSR count). The number of nitrogens with zero attached hydrogens (tertiary/aromatic N) is 1. The molecule has 0 saturated carbocycles. The average Bonchev–Trinajstić information content (AvgIpc) is 2.35. The Bertz CT molecular complexity index is 597. The number of rotatable bonds is 6. The first kappa shape index (κ1) is 18.0. The molecule has 0 aromatic heterocycles. The van der Waals surface area contributed by atoms with Gasteiger partial charge in [0.15, 0.2) is 0 Å². The van der Waals surface area contributed by atoms with E-state index in [1.54, 1.807) is 24.3 Å². The van der Waals surface area contributed by atoms with Crippen LogP contribution in [0.3, 0.4) is 0 Å². The maximum absolute atomic E-state index is 12.1. The minimum Gasteiger partial charge on any atom is -0.350 e. The Kier molecular flexibility index (Phi) is 5.81. The Hall–Kier alpha value is -1.08. The van der Waals surface area contributed by atoms with Gasteiger partial charge >= 0.3 is 0 Å². The van der Waals surface area contributed by atoms with Gasteiger partial charge in [-0.3, -0.25) is 9.10 Å². The highest BCUT2D eigenvalue weighted by atomic mass is 79.9. The highest BCUT2D eigenvalue weighted by molar-refractivity contribution is 9.10. The van der Waals surface area contributed by atoms with Gasteiger partial charge in [-0.15, -0.1) is 0 Å². The van der Waals surface area contributed by atoms with Crippen LogP contribution in [0.2, 0.25) is 0 Å². The van der Waals surface area contributed by atoms with E-state index in [-0.39, 0.29) is 18.0 Å². The summed E-state index contributed by atoms with van der Waals surface area (Å²) in [4.78, 5) is 12.1. The van der Waals surface area contributed by atoms with E-state index in [4.69, 9.17) is 0 Å². The van der Waals surface area contributed by atoms with E-state index in [2.05, 4.69) is 21.2 Å². The van der Waals surface area contributed by atoms with Crippen molar-refractivity contribution in [2.24, 2.45) is 0 Å². The summed E-state index contributed by atoms with van der Waals surface area (Å²) in [6.45, 7) is 5.53. The molecule has 0 aliphatic rings. The van der Waals surface area contributed by atoms with Gasteiger partial charge in [-0.05, 0) is 44.5 Å². The molecule has 21 heavy (non-hydrogen) atoms. The smallest absolute Gasteiger partial charge is 0.241 e. The summed E-state index contributed by atoms with van der Waals surface area (Å²) in [5, 5.41) is 2.84. The van der Waals surface area contributed by atoms with Crippen molar-refractivity contribution in [2.45, 2.75) is 32.7 Å². The van der Waals surface area contributed by atoms with Crippen LogP contribution in [-0.2, 0) is 14.8 Å². The molecule has 1 aromatic rings. The highest BCUT2D eigenvalue weighted by Gasteiger charge is 2.24. The molecular formula is C14H21BrN2O3S. The molecule has 0 bridgehead atoms. The van der Waals surface area contributed by atoms with Crippen molar-refractivity contribution in [3.05, 3.63) is 28.7 Å². The molecule has 0 aliphatic carbocycles. The van der Waals surface area contributed by atoms with Crippen molar-refractivity contribution in [1.29, 1.82) is 0 Å². The SMILES string of the molecule is CCC(C)(C)NC(=O)CN(c1ccc(Br)cc1)S(C)(=O)=O. The second-order valence-electron chi connectivity index (χ2n) is 5.53. The average molecular weight is 377 g/mol. The lowest BCUT2D eigenvalue weighted by atomic mass is 10.0. The molecular weight excluding hydrogens is 356 g/mol. The van der Waals surface area contributed by atoms with E-state index in [1.807, 2.05) is 20.8 Å². The van der Waals surface area contributed by atoms with Crippen LogP contribution in [-0.4, -0.2) is 32.7 Å². The number of benzene rings is 1. The number of hydrogen-bond donors (Lipinski definition) is 1. The van der Waals surface area contributed by atoms with Crippen LogP contribution in [0.25, 0.3) is 0 Å². The zero-order valence-electron chi connectivity index (χ0n) is 12.7. The molecule has 1 amide bonds. The number of amides is 1. The Morgan fingerprint density at radius 1 is 1.29 bits per heavy atom. The molecule has 0 unspecified atom stereocenters. The topological polar surface area (TPSA) is 66.5 Å². The van der Waals surface area contributed by atoms with Crippen LogP contribution < -0.4 is 9.62 Å². The second-order valence-corrected chi connectivity index (χ2v) is 8.35. The third kappa shape index (κ3) is 5.67. The molecule has 0 radical (unpaired) electrons. The standard InChI is InChI=1S/C14H21BrN2O3S/c1-5-14(2,3)16-13(18)10-17(21(4,19)20)12-8-6-11(15)7-9-12/h6-9H,5,10H2,1-4H3,(H,16,18). The van der Waals surface area contributed by atoms with Crippen LogP contribution in [0.4, 0.5) is 5.69 Å². The molecule has 5 nitrogen and oxygen atoms in total. The van der Waals surface area contributed by atoms with Crippen molar-refractivity contribution in [3.8, 4) is 0 Å². The van der Waals surface area contributed by atoms with Crippen molar-refractivity contribution in [2.75, 3.05) is 17.1 Å². The van der Waals surface area contributed by atoms with Crippen LogP contribution in [0.15, 0.2) is 28.7 Å². The minimum atomic E-state index is -3.53. The number of carbonyl (C=O) groups excluding carboxylic acids is 1. The van der Waals surface area contributed by atoms with Crippen LogP contribution in [0, 0.1) is 0 Å². The summed E-state index contributed by atoms with van der Waals surface area (Å²) in [6, 6.07) is 6.79. The van der Waals surface area contributed by atoms with E-state index in [9.17, 15) is 13.2 Å². The second kappa shape index (κ2) is 6.79. The molecule has 0 fully saturated rings. The Labute approximate surface area is 134 Å². The van der Waals surface area contributed by atoms with Crippen molar-refractivity contribution in [1.82, 2.24) is 5.32 Å². The van der Waals surface area contributed by atoms with E-state index in [0.717, 1.165) is 21.5 Å².